The Morgan fingerprint density at radius 1 is 0.885 bits per heavy atom. The van der Waals surface area contributed by atoms with Crippen molar-refractivity contribution in [3.05, 3.63) is 51.6 Å². The van der Waals surface area contributed by atoms with E-state index in [2.05, 4.69) is 4.74 Å². The van der Waals surface area contributed by atoms with E-state index in [0.29, 0.717) is 0 Å². The van der Waals surface area contributed by atoms with E-state index in [1.165, 1.54) is 6.92 Å². The topological polar surface area (TPSA) is 138 Å². The molecule has 0 radical (unpaired) electrons. The summed E-state index contributed by atoms with van der Waals surface area (Å²) in [5, 5.41) is 30.4. The van der Waals surface area contributed by atoms with E-state index in [9.17, 15) is 34.5 Å². The highest BCUT2D eigenvalue weighted by Crippen LogP contribution is 2.42. The van der Waals surface area contributed by atoms with Gasteiger partial charge in [0.25, 0.3) is 0 Å². The van der Waals surface area contributed by atoms with Gasteiger partial charge < -0.3 is 20.1 Å². The molecule has 3 rings (SSSR count). The summed E-state index contributed by atoms with van der Waals surface area (Å²) < 4.78 is 4.44. The number of hydrogen-bond acceptors (Lipinski definition) is 8. The van der Waals surface area contributed by atoms with E-state index in [1.54, 1.807) is 0 Å². The molecular formula is C18H12O8. The van der Waals surface area contributed by atoms with E-state index in [-0.39, 0.29) is 16.7 Å². The third-order valence-electron chi connectivity index (χ3n) is 4.14. The zero-order chi connectivity index (χ0) is 19.3. The number of carbonyl (C=O) groups excluding carboxylic acids is 4. The molecular weight excluding hydrogens is 344 g/mol. The smallest absolute Gasteiger partial charge is 0.345 e. The second-order valence-corrected chi connectivity index (χ2v) is 5.67. The Bertz CT molecular complexity index is 1030. The molecule has 0 spiro atoms. The molecule has 132 valence electrons. The third kappa shape index (κ3) is 2.23. The molecule has 0 saturated carbocycles. The van der Waals surface area contributed by atoms with Gasteiger partial charge in [-0.05, 0) is 25.1 Å². The molecule has 2 aromatic carbocycles. The van der Waals surface area contributed by atoms with Crippen LogP contribution in [0, 0.1) is 0 Å². The van der Waals surface area contributed by atoms with Crippen LogP contribution in [0.15, 0.2) is 18.2 Å². The number of ketones is 3. The fourth-order valence-corrected chi connectivity index (χ4v) is 2.88. The van der Waals surface area contributed by atoms with Gasteiger partial charge in [0.15, 0.2) is 11.6 Å². The molecule has 2 aromatic rings. The van der Waals surface area contributed by atoms with E-state index >= 15 is 0 Å². The van der Waals surface area contributed by atoms with Crippen molar-refractivity contribution in [2.45, 2.75) is 6.92 Å². The first kappa shape index (κ1) is 17.2. The maximum atomic E-state index is 12.8. The van der Waals surface area contributed by atoms with Gasteiger partial charge in [0, 0.05) is 16.7 Å². The standard InChI is InChI=1S/C18H12O8/c1-6(19)7-3-8-12(10(20)4-7)16(23)13-9(15(8)22)5-11(21)14(17(13)24)18(25)26-2/h3-5,20-21,24H,1-2H3. The van der Waals surface area contributed by atoms with Crippen LogP contribution >= 0.6 is 0 Å². The third-order valence-corrected chi connectivity index (χ3v) is 4.14. The van der Waals surface area contributed by atoms with Gasteiger partial charge in [-0.3, -0.25) is 14.4 Å². The Morgan fingerprint density at radius 2 is 1.50 bits per heavy atom. The van der Waals surface area contributed by atoms with Crippen LogP contribution in [0.4, 0.5) is 0 Å². The molecule has 26 heavy (non-hydrogen) atoms. The van der Waals surface area contributed by atoms with Crippen LogP contribution < -0.4 is 0 Å². The number of Topliss-reactive ketones (excluding diaryl/α,β-unsaturated/α-hetero) is 1. The molecule has 8 heteroatoms. The molecule has 1 aliphatic rings. The van der Waals surface area contributed by atoms with Crippen LogP contribution in [-0.4, -0.2) is 45.7 Å². The lowest BCUT2D eigenvalue weighted by atomic mass is 9.81. The number of fused-ring (bicyclic) bond motifs is 2. The predicted octanol–water partition coefficient (Wildman–Crippen LogP) is 1.57. The summed E-state index contributed by atoms with van der Waals surface area (Å²) in [6, 6.07) is 3.06. The van der Waals surface area contributed by atoms with Crippen molar-refractivity contribution in [2.75, 3.05) is 7.11 Å². The molecule has 0 unspecified atom stereocenters. The fourth-order valence-electron chi connectivity index (χ4n) is 2.88. The van der Waals surface area contributed by atoms with Crippen molar-refractivity contribution in [1.29, 1.82) is 0 Å². The highest BCUT2D eigenvalue weighted by molar-refractivity contribution is 6.31. The summed E-state index contributed by atoms with van der Waals surface area (Å²) >= 11 is 0. The van der Waals surface area contributed by atoms with Gasteiger partial charge in [-0.15, -0.1) is 0 Å². The molecule has 0 aliphatic heterocycles. The highest BCUT2D eigenvalue weighted by Gasteiger charge is 2.38. The number of methoxy groups -OCH3 is 1. The number of carbonyl (C=O) groups is 4. The largest absolute Gasteiger partial charge is 0.507 e. The van der Waals surface area contributed by atoms with Crippen molar-refractivity contribution in [1.82, 2.24) is 0 Å². The molecule has 1 aliphatic carbocycles. The van der Waals surface area contributed by atoms with Crippen LogP contribution in [0.5, 0.6) is 17.2 Å². The van der Waals surface area contributed by atoms with Gasteiger partial charge in [-0.1, -0.05) is 0 Å². The lowest BCUT2D eigenvalue weighted by Crippen LogP contribution is -2.23. The normalized spacial score (nSPS) is 12.4. The average molecular weight is 356 g/mol. The second-order valence-electron chi connectivity index (χ2n) is 5.67. The quantitative estimate of drug-likeness (QED) is 0.464. The lowest BCUT2D eigenvalue weighted by Gasteiger charge is -2.21. The summed E-state index contributed by atoms with van der Waals surface area (Å²) in [5.74, 6) is -5.54. The zero-order valence-electron chi connectivity index (χ0n) is 13.6. The number of phenols is 3. The molecule has 0 amide bonds. The number of ether oxygens (including phenoxy) is 1. The lowest BCUT2D eigenvalue weighted by molar-refractivity contribution is 0.0593. The maximum Gasteiger partial charge on any atom is 0.345 e. The van der Waals surface area contributed by atoms with E-state index in [1.807, 2.05) is 0 Å². The Balaban J connectivity index is 2.35. The van der Waals surface area contributed by atoms with Gasteiger partial charge in [-0.2, -0.15) is 0 Å². The minimum Gasteiger partial charge on any atom is -0.507 e. The Labute approximate surface area is 146 Å². The first-order chi connectivity index (χ1) is 12.2. The summed E-state index contributed by atoms with van der Waals surface area (Å²) in [5.41, 5.74) is -2.18. The zero-order valence-corrected chi connectivity index (χ0v) is 13.6. The van der Waals surface area contributed by atoms with Crippen LogP contribution in [0.1, 0.15) is 59.5 Å². The molecule has 3 N–H and O–H groups in total. The van der Waals surface area contributed by atoms with Crippen molar-refractivity contribution in [3.63, 3.8) is 0 Å². The van der Waals surface area contributed by atoms with Gasteiger partial charge in [0.2, 0.25) is 5.78 Å². The summed E-state index contributed by atoms with van der Waals surface area (Å²) in [6.07, 6.45) is 0. The van der Waals surface area contributed by atoms with Crippen molar-refractivity contribution in [3.8, 4) is 17.2 Å². The number of phenolic OH excluding ortho intramolecular Hbond substituents is 3. The highest BCUT2D eigenvalue weighted by atomic mass is 16.5. The van der Waals surface area contributed by atoms with Gasteiger partial charge in [0.1, 0.15) is 22.8 Å². The monoisotopic (exact) mass is 356 g/mol. The summed E-state index contributed by atoms with van der Waals surface area (Å²) in [7, 11) is 1.01. The van der Waals surface area contributed by atoms with Crippen LogP contribution in [0.3, 0.4) is 0 Å². The first-order valence-electron chi connectivity index (χ1n) is 7.33. The summed E-state index contributed by atoms with van der Waals surface area (Å²) in [4.78, 5) is 48.8. The SMILES string of the molecule is COC(=O)c1c(O)cc2c(c1O)C(=O)c1c(O)cc(C(C)=O)cc1C2=O. The Hall–Kier alpha value is -3.68. The molecule has 0 saturated heterocycles. The van der Waals surface area contributed by atoms with E-state index in [4.69, 9.17) is 0 Å². The molecule has 0 bridgehead atoms. The number of aromatic hydroxyl groups is 3. The van der Waals surface area contributed by atoms with Crippen molar-refractivity contribution in [2.24, 2.45) is 0 Å². The molecule has 0 aromatic heterocycles. The molecule has 0 fully saturated rings. The van der Waals surface area contributed by atoms with Gasteiger partial charge in [0.05, 0.1) is 18.2 Å². The molecule has 0 heterocycles. The minimum absolute atomic E-state index is 0.0190. The predicted molar refractivity (Wildman–Crippen MR) is 86.1 cm³/mol. The number of esters is 1. The Kier molecular flexibility index (Phi) is 3.76. The van der Waals surface area contributed by atoms with Crippen molar-refractivity contribution < 1.29 is 39.2 Å². The van der Waals surface area contributed by atoms with Gasteiger partial charge in [-0.25, -0.2) is 4.79 Å². The minimum atomic E-state index is -1.11. The van der Waals surface area contributed by atoms with Crippen LogP contribution in [-0.2, 0) is 4.74 Å². The fraction of sp³-hybridized carbons (Fsp3) is 0.111. The number of benzene rings is 2. The maximum absolute atomic E-state index is 12.8. The Morgan fingerprint density at radius 3 is 2.08 bits per heavy atom. The van der Waals surface area contributed by atoms with Crippen LogP contribution in [0.2, 0.25) is 0 Å². The average Bonchev–Trinajstić information content (AvgIpc) is 2.58. The molecule has 0 atom stereocenters. The number of rotatable bonds is 2. The van der Waals surface area contributed by atoms with Gasteiger partial charge >= 0.3 is 5.97 Å². The summed E-state index contributed by atoms with van der Waals surface area (Å²) in [6.45, 7) is 1.23. The van der Waals surface area contributed by atoms with E-state index < -0.39 is 57.3 Å². The first-order valence-corrected chi connectivity index (χ1v) is 7.33. The number of hydrogen-bond donors (Lipinski definition) is 3. The van der Waals surface area contributed by atoms with Crippen LogP contribution in [0.25, 0.3) is 0 Å². The second kappa shape index (κ2) is 5.69. The van der Waals surface area contributed by atoms with E-state index in [0.717, 1.165) is 25.3 Å². The molecule has 8 nitrogen and oxygen atoms in total. The van der Waals surface area contributed by atoms with Crippen molar-refractivity contribution >= 4 is 23.3 Å².